The van der Waals surface area contributed by atoms with Crippen molar-refractivity contribution in [3.05, 3.63) is 45.4 Å². The van der Waals surface area contributed by atoms with E-state index in [1.165, 1.54) is 11.3 Å². The van der Waals surface area contributed by atoms with Crippen LogP contribution in [0.2, 0.25) is 5.02 Å². The van der Waals surface area contributed by atoms with Crippen LogP contribution < -0.4 is 0 Å². The Bertz CT molecular complexity index is 756. The first-order chi connectivity index (χ1) is 12.1. The standard InChI is InChI=1S/C19H22ClN3OS/c1-3-9-23(10-4-2)12-18(24)16(11-21)19-22-17(13-25-19)14-5-7-15(20)8-6-14/h5-8,13,24H,3-4,9-10,12H2,1-2H3. The molecule has 2 rings (SSSR count). The lowest BCUT2D eigenvalue weighted by Crippen LogP contribution is -2.28. The van der Waals surface area contributed by atoms with Crippen molar-refractivity contribution in [1.82, 2.24) is 9.88 Å². The van der Waals surface area contributed by atoms with Crippen molar-refractivity contribution in [2.24, 2.45) is 0 Å². The van der Waals surface area contributed by atoms with Crippen LogP contribution in [0.1, 0.15) is 31.7 Å². The van der Waals surface area contributed by atoms with Gasteiger partial charge in [-0.1, -0.05) is 37.6 Å². The van der Waals surface area contributed by atoms with E-state index in [1.807, 2.05) is 29.6 Å². The van der Waals surface area contributed by atoms with Gasteiger partial charge in [-0.05, 0) is 38.1 Å². The summed E-state index contributed by atoms with van der Waals surface area (Å²) < 4.78 is 0. The second-order valence-corrected chi connectivity index (χ2v) is 7.05. The molecule has 1 aromatic carbocycles. The lowest BCUT2D eigenvalue weighted by molar-refractivity contribution is 0.251. The fraction of sp³-hybridized carbons (Fsp3) is 0.368. The molecule has 0 atom stereocenters. The van der Waals surface area contributed by atoms with E-state index < -0.39 is 0 Å². The summed E-state index contributed by atoms with van der Waals surface area (Å²) in [6, 6.07) is 9.51. The molecule has 132 valence electrons. The maximum absolute atomic E-state index is 10.5. The van der Waals surface area contributed by atoms with Gasteiger partial charge in [0.15, 0.2) is 0 Å². The zero-order valence-electron chi connectivity index (χ0n) is 14.5. The van der Waals surface area contributed by atoms with Crippen LogP contribution in [0.4, 0.5) is 0 Å². The molecular weight excluding hydrogens is 354 g/mol. The van der Waals surface area contributed by atoms with Gasteiger partial charge in [-0.2, -0.15) is 5.26 Å². The molecule has 4 nitrogen and oxygen atoms in total. The zero-order chi connectivity index (χ0) is 18.2. The third kappa shape index (κ3) is 5.30. The molecule has 0 fully saturated rings. The van der Waals surface area contributed by atoms with Crippen LogP contribution in [0.3, 0.4) is 0 Å². The van der Waals surface area contributed by atoms with Crippen molar-refractivity contribution in [2.45, 2.75) is 26.7 Å². The monoisotopic (exact) mass is 375 g/mol. The molecule has 2 aromatic rings. The molecule has 6 heteroatoms. The second kappa shape index (κ2) is 9.57. The van der Waals surface area contributed by atoms with E-state index in [0.29, 0.717) is 16.6 Å². The highest BCUT2D eigenvalue weighted by atomic mass is 35.5. The third-order valence-electron chi connectivity index (χ3n) is 3.71. The molecule has 1 aromatic heterocycles. The number of benzene rings is 1. The van der Waals surface area contributed by atoms with Crippen molar-refractivity contribution in [1.29, 1.82) is 5.26 Å². The van der Waals surface area contributed by atoms with Crippen molar-refractivity contribution >= 4 is 28.5 Å². The first kappa shape index (κ1) is 19.5. The number of aliphatic hydroxyl groups excluding tert-OH is 1. The highest BCUT2D eigenvalue weighted by Gasteiger charge is 2.16. The number of halogens is 1. The fourth-order valence-corrected chi connectivity index (χ4v) is 3.54. The van der Waals surface area contributed by atoms with E-state index in [-0.39, 0.29) is 11.3 Å². The predicted octanol–water partition coefficient (Wildman–Crippen LogP) is 5.38. The molecule has 1 N–H and O–H groups in total. The van der Waals surface area contributed by atoms with Crippen LogP contribution in [-0.2, 0) is 0 Å². The molecule has 0 saturated heterocycles. The SMILES string of the molecule is CCCN(CCC)CC(O)=C(C#N)c1nc(-c2ccc(Cl)cc2)cs1. The van der Waals surface area contributed by atoms with Crippen molar-refractivity contribution in [3.63, 3.8) is 0 Å². The Morgan fingerprint density at radius 1 is 1.24 bits per heavy atom. The quantitative estimate of drug-likeness (QED) is 0.497. The molecule has 25 heavy (non-hydrogen) atoms. The summed E-state index contributed by atoms with van der Waals surface area (Å²) in [5.74, 6) is 0.0846. The van der Waals surface area contributed by atoms with Gasteiger partial charge in [0.1, 0.15) is 22.4 Å². The van der Waals surface area contributed by atoms with E-state index in [9.17, 15) is 10.4 Å². The van der Waals surface area contributed by atoms with Crippen LogP contribution in [0, 0.1) is 11.3 Å². The van der Waals surface area contributed by atoms with Gasteiger partial charge in [0.25, 0.3) is 0 Å². The van der Waals surface area contributed by atoms with Crippen LogP contribution in [0.25, 0.3) is 16.8 Å². The van der Waals surface area contributed by atoms with Crippen molar-refractivity contribution < 1.29 is 5.11 Å². The minimum atomic E-state index is 0.0846. The van der Waals surface area contributed by atoms with Gasteiger partial charge < -0.3 is 5.11 Å². The molecule has 0 unspecified atom stereocenters. The lowest BCUT2D eigenvalue weighted by atomic mass is 10.2. The normalized spacial score (nSPS) is 12.1. The summed E-state index contributed by atoms with van der Waals surface area (Å²) in [5, 5.41) is 23.1. The second-order valence-electron chi connectivity index (χ2n) is 5.75. The van der Waals surface area contributed by atoms with Crippen LogP contribution in [0.5, 0.6) is 0 Å². The number of aliphatic hydroxyl groups is 1. The number of aromatic nitrogens is 1. The average Bonchev–Trinajstić information content (AvgIpc) is 3.06. The number of rotatable bonds is 8. The summed E-state index contributed by atoms with van der Waals surface area (Å²) in [6.07, 6.45) is 2.01. The summed E-state index contributed by atoms with van der Waals surface area (Å²) in [4.78, 5) is 6.67. The molecule has 0 radical (unpaired) electrons. The Morgan fingerprint density at radius 3 is 2.44 bits per heavy atom. The number of thiazole rings is 1. The highest BCUT2D eigenvalue weighted by molar-refractivity contribution is 7.11. The Kier molecular flexibility index (Phi) is 7.45. The molecular formula is C19H22ClN3OS. The van der Waals surface area contributed by atoms with E-state index in [2.05, 4.69) is 29.8 Å². The fourth-order valence-electron chi connectivity index (χ4n) is 2.57. The number of allylic oxidation sites excluding steroid dienone is 1. The molecule has 0 amide bonds. The molecule has 0 aliphatic carbocycles. The lowest BCUT2D eigenvalue weighted by Gasteiger charge is -2.20. The van der Waals surface area contributed by atoms with Crippen molar-refractivity contribution in [2.75, 3.05) is 19.6 Å². The van der Waals surface area contributed by atoms with Gasteiger partial charge in [0.2, 0.25) is 0 Å². The summed E-state index contributed by atoms with van der Waals surface area (Å²) in [6.45, 7) is 6.37. The molecule has 0 saturated carbocycles. The Balaban J connectivity index is 2.25. The molecule has 0 aliphatic heterocycles. The number of hydrogen-bond acceptors (Lipinski definition) is 5. The van der Waals surface area contributed by atoms with Crippen LogP contribution in [0.15, 0.2) is 35.4 Å². The minimum absolute atomic E-state index is 0.0846. The van der Waals surface area contributed by atoms with E-state index in [0.717, 1.165) is 37.2 Å². The summed E-state index contributed by atoms with van der Waals surface area (Å²) in [5.41, 5.74) is 1.96. The van der Waals surface area contributed by atoms with E-state index >= 15 is 0 Å². The number of nitriles is 1. The van der Waals surface area contributed by atoms with E-state index in [1.54, 1.807) is 0 Å². The minimum Gasteiger partial charge on any atom is -0.509 e. The average molecular weight is 376 g/mol. The first-order valence-corrected chi connectivity index (χ1v) is 9.61. The van der Waals surface area contributed by atoms with E-state index in [4.69, 9.17) is 11.6 Å². The van der Waals surface area contributed by atoms with Gasteiger partial charge in [-0.15, -0.1) is 11.3 Å². The smallest absolute Gasteiger partial charge is 0.138 e. The molecule has 0 spiro atoms. The predicted molar refractivity (Wildman–Crippen MR) is 105 cm³/mol. The third-order valence-corrected chi connectivity index (χ3v) is 4.82. The highest BCUT2D eigenvalue weighted by Crippen LogP contribution is 2.28. The Hall–Kier alpha value is -1.87. The zero-order valence-corrected chi connectivity index (χ0v) is 16.1. The molecule has 0 bridgehead atoms. The topological polar surface area (TPSA) is 60.1 Å². The van der Waals surface area contributed by atoms with Gasteiger partial charge in [0, 0.05) is 16.0 Å². The van der Waals surface area contributed by atoms with Gasteiger partial charge in [-0.25, -0.2) is 4.98 Å². The molecule has 1 heterocycles. The number of hydrogen-bond donors (Lipinski definition) is 1. The van der Waals surface area contributed by atoms with Gasteiger partial charge >= 0.3 is 0 Å². The number of nitrogens with zero attached hydrogens (tertiary/aromatic N) is 3. The largest absolute Gasteiger partial charge is 0.509 e. The summed E-state index contributed by atoms with van der Waals surface area (Å²) in [7, 11) is 0. The molecule has 0 aliphatic rings. The van der Waals surface area contributed by atoms with Gasteiger partial charge in [-0.3, -0.25) is 4.90 Å². The maximum Gasteiger partial charge on any atom is 0.138 e. The first-order valence-electron chi connectivity index (χ1n) is 8.35. The Morgan fingerprint density at radius 2 is 1.88 bits per heavy atom. The maximum atomic E-state index is 10.5. The van der Waals surface area contributed by atoms with Gasteiger partial charge in [0.05, 0.1) is 12.2 Å². The van der Waals surface area contributed by atoms with Crippen LogP contribution >= 0.6 is 22.9 Å². The van der Waals surface area contributed by atoms with Crippen molar-refractivity contribution in [3.8, 4) is 17.3 Å². The summed E-state index contributed by atoms with van der Waals surface area (Å²) >= 11 is 7.27. The van der Waals surface area contributed by atoms with Crippen LogP contribution in [-0.4, -0.2) is 34.6 Å². The Labute approximate surface area is 158 Å².